The van der Waals surface area contributed by atoms with E-state index in [1.54, 1.807) is 0 Å². The van der Waals surface area contributed by atoms with Crippen molar-refractivity contribution >= 4 is 0 Å². The molecule has 4 aliphatic rings. The molecule has 0 aromatic rings. The lowest BCUT2D eigenvalue weighted by molar-refractivity contribution is 0.152. The van der Waals surface area contributed by atoms with E-state index in [1.165, 1.54) is 6.42 Å². The standard InChI is InChI=1S/C9H12N4/c1-4-6-2-7-5(1)9(13-11-7)3-8(4)12-10-6/h4-9H,1-3H2. The smallest absolute Gasteiger partial charge is 0.0778 e. The molecule has 2 heterocycles. The van der Waals surface area contributed by atoms with Gasteiger partial charge in [0, 0.05) is 11.8 Å². The number of hydrogen-bond acceptors (Lipinski definition) is 4. The average molecular weight is 176 g/mol. The van der Waals surface area contributed by atoms with Crippen molar-refractivity contribution in [3.8, 4) is 0 Å². The van der Waals surface area contributed by atoms with Crippen LogP contribution in [0.15, 0.2) is 20.5 Å². The number of nitrogens with zero attached hydrogens (tertiary/aromatic N) is 4. The Labute approximate surface area is 76.5 Å². The summed E-state index contributed by atoms with van der Waals surface area (Å²) in [6, 6.07) is 1.96. The molecule has 2 bridgehead atoms. The lowest BCUT2D eigenvalue weighted by atomic mass is 9.65. The van der Waals surface area contributed by atoms with Gasteiger partial charge < -0.3 is 0 Å². The zero-order valence-electron chi connectivity index (χ0n) is 7.37. The van der Waals surface area contributed by atoms with Crippen molar-refractivity contribution in [2.45, 2.75) is 43.4 Å². The predicted octanol–water partition coefficient (Wildman–Crippen LogP) is 1.82. The van der Waals surface area contributed by atoms with Crippen molar-refractivity contribution in [3.05, 3.63) is 0 Å². The van der Waals surface area contributed by atoms with Crippen LogP contribution in [0.4, 0.5) is 0 Å². The lowest BCUT2D eigenvalue weighted by Gasteiger charge is -2.39. The second-order valence-corrected chi connectivity index (χ2v) is 4.77. The first-order valence-electron chi connectivity index (χ1n) is 5.22. The van der Waals surface area contributed by atoms with E-state index in [2.05, 4.69) is 20.5 Å². The van der Waals surface area contributed by atoms with E-state index in [0.29, 0.717) is 24.2 Å². The molecule has 68 valence electrons. The first-order valence-corrected chi connectivity index (χ1v) is 5.22. The molecular weight excluding hydrogens is 164 g/mol. The summed E-state index contributed by atoms with van der Waals surface area (Å²) < 4.78 is 0. The highest BCUT2D eigenvalue weighted by Crippen LogP contribution is 2.50. The van der Waals surface area contributed by atoms with Gasteiger partial charge in [0.2, 0.25) is 0 Å². The van der Waals surface area contributed by atoms with Crippen LogP contribution in [0.2, 0.25) is 0 Å². The fourth-order valence-electron chi connectivity index (χ4n) is 3.52. The second-order valence-electron chi connectivity index (χ2n) is 4.77. The lowest BCUT2D eigenvalue weighted by Crippen LogP contribution is -2.46. The van der Waals surface area contributed by atoms with Crippen LogP contribution in [-0.2, 0) is 0 Å². The molecule has 0 aromatic carbocycles. The van der Waals surface area contributed by atoms with Gasteiger partial charge in [-0.05, 0) is 19.3 Å². The Hall–Kier alpha value is -0.800. The van der Waals surface area contributed by atoms with E-state index in [1.807, 2.05) is 0 Å². The van der Waals surface area contributed by atoms with E-state index in [4.69, 9.17) is 0 Å². The van der Waals surface area contributed by atoms with Gasteiger partial charge in [-0.15, -0.1) is 0 Å². The monoisotopic (exact) mass is 176 g/mol. The Bertz CT molecular complexity index is 257. The summed E-state index contributed by atoms with van der Waals surface area (Å²) in [6.45, 7) is 0. The largest absolute Gasteiger partial charge is 0.190 e. The minimum absolute atomic E-state index is 0.490. The van der Waals surface area contributed by atoms with Crippen molar-refractivity contribution in [3.63, 3.8) is 0 Å². The topological polar surface area (TPSA) is 49.4 Å². The Kier molecular flexibility index (Phi) is 1.01. The molecule has 4 rings (SSSR count). The van der Waals surface area contributed by atoms with Crippen molar-refractivity contribution in [1.29, 1.82) is 0 Å². The van der Waals surface area contributed by atoms with Gasteiger partial charge in [0.1, 0.15) is 0 Å². The van der Waals surface area contributed by atoms with Crippen molar-refractivity contribution in [2.75, 3.05) is 0 Å². The molecule has 4 atom stereocenters. The zero-order valence-corrected chi connectivity index (χ0v) is 7.37. The third kappa shape index (κ3) is 0.685. The van der Waals surface area contributed by atoms with Crippen LogP contribution < -0.4 is 0 Å². The first kappa shape index (κ1) is 6.62. The van der Waals surface area contributed by atoms with Crippen molar-refractivity contribution in [2.24, 2.45) is 32.3 Å². The van der Waals surface area contributed by atoms with Crippen LogP contribution in [0.25, 0.3) is 0 Å². The molecule has 2 fully saturated rings. The van der Waals surface area contributed by atoms with Crippen LogP contribution in [0, 0.1) is 11.8 Å². The van der Waals surface area contributed by atoms with E-state index in [9.17, 15) is 0 Å². The molecular formula is C9H12N4. The van der Waals surface area contributed by atoms with Gasteiger partial charge in [-0.2, -0.15) is 20.5 Å². The minimum atomic E-state index is 0.490. The number of hydrogen-bond donors (Lipinski definition) is 0. The van der Waals surface area contributed by atoms with Crippen molar-refractivity contribution < 1.29 is 0 Å². The summed E-state index contributed by atoms with van der Waals surface area (Å²) in [6.07, 6.45) is 3.52. The summed E-state index contributed by atoms with van der Waals surface area (Å²) >= 11 is 0. The molecule has 2 aliphatic heterocycles. The summed E-state index contributed by atoms with van der Waals surface area (Å²) in [7, 11) is 0. The van der Waals surface area contributed by atoms with Gasteiger partial charge in [-0.3, -0.25) is 0 Å². The van der Waals surface area contributed by atoms with Crippen LogP contribution in [0.5, 0.6) is 0 Å². The molecule has 0 radical (unpaired) electrons. The SMILES string of the molecule is C1C2N=NC3CC4N=NC1C4CC23. The van der Waals surface area contributed by atoms with Gasteiger partial charge in [0.15, 0.2) is 0 Å². The molecule has 4 unspecified atom stereocenters. The molecule has 0 aromatic heterocycles. The summed E-state index contributed by atoms with van der Waals surface area (Å²) in [5.74, 6) is 1.50. The third-order valence-electron chi connectivity index (χ3n) is 4.21. The minimum Gasteiger partial charge on any atom is -0.190 e. The van der Waals surface area contributed by atoms with Gasteiger partial charge >= 0.3 is 0 Å². The van der Waals surface area contributed by atoms with Crippen LogP contribution in [0.3, 0.4) is 0 Å². The number of azo groups is 2. The van der Waals surface area contributed by atoms with Crippen LogP contribution >= 0.6 is 0 Å². The Morgan fingerprint density at radius 1 is 0.538 bits per heavy atom. The molecule has 0 amide bonds. The molecule has 0 saturated heterocycles. The van der Waals surface area contributed by atoms with Crippen LogP contribution in [0.1, 0.15) is 19.3 Å². The number of rotatable bonds is 0. The van der Waals surface area contributed by atoms with E-state index in [-0.39, 0.29) is 0 Å². The van der Waals surface area contributed by atoms with Gasteiger partial charge in [-0.1, -0.05) is 0 Å². The van der Waals surface area contributed by atoms with Gasteiger partial charge in [0.25, 0.3) is 0 Å². The van der Waals surface area contributed by atoms with Gasteiger partial charge in [0.05, 0.1) is 24.2 Å². The molecule has 4 heteroatoms. The molecule has 2 aliphatic carbocycles. The van der Waals surface area contributed by atoms with Crippen LogP contribution in [-0.4, -0.2) is 24.2 Å². The maximum Gasteiger partial charge on any atom is 0.0778 e. The highest BCUT2D eigenvalue weighted by molar-refractivity contribution is 5.09. The molecule has 2 saturated carbocycles. The quantitative estimate of drug-likeness (QED) is 0.540. The normalized spacial score (nSPS) is 60.3. The molecule has 0 N–H and O–H groups in total. The Morgan fingerprint density at radius 2 is 0.923 bits per heavy atom. The Morgan fingerprint density at radius 3 is 1.31 bits per heavy atom. The molecule has 13 heavy (non-hydrogen) atoms. The summed E-state index contributed by atoms with van der Waals surface area (Å²) in [5.41, 5.74) is 0. The second kappa shape index (κ2) is 1.99. The predicted molar refractivity (Wildman–Crippen MR) is 45.7 cm³/mol. The highest BCUT2D eigenvalue weighted by Gasteiger charge is 2.53. The summed E-state index contributed by atoms with van der Waals surface area (Å²) in [5, 5.41) is 17.5. The fourth-order valence-corrected chi connectivity index (χ4v) is 3.52. The fraction of sp³-hybridized carbons (Fsp3) is 1.00. The van der Waals surface area contributed by atoms with E-state index in [0.717, 1.165) is 24.7 Å². The zero-order chi connectivity index (χ0) is 8.41. The average Bonchev–Trinajstić information content (AvgIpc) is 2.75. The summed E-state index contributed by atoms with van der Waals surface area (Å²) in [4.78, 5) is 0. The third-order valence-corrected chi connectivity index (χ3v) is 4.21. The van der Waals surface area contributed by atoms with E-state index < -0.39 is 0 Å². The van der Waals surface area contributed by atoms with Gasteiger partial charge in [-0.25, -0.2) is 0 Å². The molecule has 0 spiro atoms. The maximum atomic E-state index is 4.38. The Balaban J connectivity index is 1.81. The maximum absolute atomic E-state index is 4.38. The first-order chi connectivity index (χ1) is 6.42. The van der Waals surface area contributed by atoms with E-state index >= 15 is 0 Å². The van der Waals surface area contributed by atoms with Crippen molar-refractivity contribution in [1.82, 2.24) is 0 Å². The molecule has 4 nitrogen and oxygen atoms in total. The highest BCUT2D eigenvalue weighted by atomic mass is 15.3.